The number of carbonyl (C=O) groups excluding carboxylic acids is 2. The molecule has 0 saturated heterocycles. The Hall–Kier alpha value is -2.28. The molecule has 2 aromatic carbocycles. The molecule has 0 fully saturated rings. The second kappa shape index (κ2) is 7.82. The van der Waals surface area contributed by atoms with Crippen molar-refractivity contribution in [2.75, 3.05) is 13.1 Å². The van der Waals surface area contributed by atoms with Crippen molar-refractivity contribution in [2.24, 2.45) is 0 Å². The van der Waals surface area contributed by atoms with Crippen LogP contribution in [-0.2, 0) is 0 Å². The third-order valence-electron chi connectivity index (χ3n) is 2.99. The Balaban J connectivity index is 1.82. The van der Waals surface area contributed by atoms with E-state index < -0.39 is 17.5 Å². The molecule has 0 bridgehead atoms. The van der Waals surface area contributed by atoms with E-state index in [1.54, 1.807) is 24.3 Å². The molecule has 2 N–H and O–H groups in total. The molecule has 2 rings (SSSR count). The lowest BCUT2D eigenvalue weighted by Crippen LogP contribution is -2.35. The summed E-state index contributed by atoms with van der Waals surface area (Å²) in [6.07, 6.45) is 0. The summed E-state index contributed by atoms with van der Waals surface area (Å²) in [7, 11) is 0. The fourth-order valence-corrected chi connectivity index (χ4v) is 2.33. The number of hydrogen-bond donors (Lipinski definition) is 2. The molecule has 120 valence electrons. The van der Waals surface area contributed by atoms with Crippen LogP contribution in [0.1, 0.15) is 20.7 Å². The average Bonchev–Trinajstić information content (AvgIpc) is 2.51. The third-order valence-corrected chi connectivity index (χ3v) is 3.68. The SMILES string of the molecule is O=C(NCCNC(=O)c1ccccc1Br)c1ccc(F)cc1F. The molecular formula is C16H13BrF2N2O2. The quantitative estimate of drug-likeness (QED) is 0.781. The van der Waals surface area contributed by atoms with E-state index in [0.29, 0.717) is 16.1 Å². The van der Waals surface area contributed by atoms with Crippen molar-refractivity contribution in [1.82, 2.24) is 10.6 Å². The van der Waals surface area contributed by atoms with Crippen LogP contribution in [0.2, 0.25) is 0 Å². The number of nitrogens with one attached hydrogen (secondary N) is 2. The highest BCUT2D eigenvalue weighted by molar-refractivity contribution is 9.10. The van der Waals surface area contributed by atoms with Crippen LogP contribution in [0.4, 0.5) is 8.78 Å². The van der Waals surface area contributed by atoms with Gasteiger partial charge in [-0.05, 0) is 40.2 Å². The number of halogens is 3. The lowest BCUT2D eigenvalue weighted by Gasteiger charge is -2.08. The molecule has 0 unspecified atom stereocenters. The first kappa shape index (κ1) is 17.1. The monoisotopic (exact) mass is 382 g/mol. The zero-order chi connectivity index (χ0) is 16.8. The van der Waals surface area contributed by atoms with E-state index in [2.05, 4.69) is 26.6 Å². The maximum Gasteiger partial charge on any atom is 0.254 e. The topological polar surface area (TPSA) is 58.2 Å². The Morgan fingerprint density at radius 2 is 1.52 bits per heavy atom. The first-order chi connectivity index (χ1) is 11.0. The molecular weight excluding hydrogens is 370 g/mol. The predicted octanol–water partition coefficient (Wildman–Crippen LogP) is 2.89. The van der Waals surface area contributed by atoms with Crippen LogP contribution < -0.4 is 10.6 Å². The van der Waals surface area contributed by atoms with Gasteiger partial charge in [-0.3, -0.25) is 9.59 Å². The Morgan fingerprint density at radius 1 is 0.913 bits per heavy atom. The van der Waals surface area contributed by atoms with Gasteiger partial charge in [-0.1, -0.05) is 12.1 Å². The summed E-state index contributed by atoms with van der Waals surface area (Å²) in [5, 5.41) is 5.09. The average molecular weight is 383 g/mol. The Kier molecular flexibility index (Phi) is 5.81. The van der Waals surface area contributed by atoms with E-state index in [9.17, 15) is 18.4 Å². The number of carbonyl (C=O) groups is 2. The van der Waals surface area contributed by atoms with Gasteiger partial charge in [0.1, 0.15) is 11.6 Å². The largest absolute Gasteiger partial charge is 0.350 e. The minimum Gasteiger partial charge on any atom is -0.350 e. The van der Waals surface area contributed by atoms with E-state index in [1.807, 2.05) is 0 Å². The molecule has 0 atom stereocenters. The van der Waals surface area contributed by atoms with Gasteiger partial charge in [0.2, 0.25) is 0 Å². The number of benzene rings is 2. The molecule has 0 heterocycles. The third kappa shape index (κ3) is 4.59. The van der Waals surface area contributed by atoms with Gasteiger partial charge in [0.05, 0.1) is 11.1 Å². The molecule has 0 aromatic heterocycles. The van der Waals surface area contributed by atoms with E-state index in [0.717, 1.165) is 12.1 Å². The number of amides is 2. The highest BCUT2D eigenvalue weighted by Gasteiger charge is 2.12. The molecule has 0 radical (unpaired) electrons. The normalized spacial score (nSPS) is 10.2. The van der Waals surface area contributed by atoms with Crippen molar-refractivity contribution in [3.8, 4) is 0 Å². The Bertz CT molecular complexity index is 738. The van der Waals surface area contributed by atoms with Gasteiger partial charge in [-0.15, -0.1) is 0 Å². The Labute approximate surface area is 140 Å². The molecule has 0 saturated carbocycles. The molecule has 0 aliphatic rings. The zero-order valence-electron chi connectivity index (χ0n) is 11.9. The van der Waals surface area contributed by atoms with Gasteiger partial charge in [0.25, 0.3) is 11.8 Å². The predicted molar refractivity (Wildman–Crippen MR) is 85.2 cm³/mol. The van der Waals surface area contributed by atoms with Crippen LogP contribution >= 0.6 is 15.9 Å². The molecule has 2 aromatic rings. The highest BCUT2D eigenvalue weighted by Crippen LogP contribution is 2.15. The van der Waals surface area contributed by atoms with Gasteiger partial charge in [-0.2, -0.15) is 0 Å². The minimum atomic E-state index is -0.931. The van der Waals surface area contributed by atoms with Gasteiger partial charge in [0, 0.05) is 23.6 Å². The molecule has 7 heteroatoms. The second-order valence-corrected chi connectivity index (χ2v) is 5.47. The van der Waals surface area contributed by atoms with Crippen molar-refractivity contribution in [3.05, 3.63) is 69.7 Å². The molecule has 4 nitrogen and oxygen atoms in total. The summed E-state index contributed by atoms with van der Waals surface area (Å²) in [6.45, 7) is 0.292. The minimum absolute atomic E-state index is 0.117. The molecule has 2 amide bonds. The van der Waals surface area contributed by atoms with E-state index in [-0.39, 0.29) is 24.6 Å². The second-order valence-electron chi connectivity index (χ2n) is 4.62. The maximum absolute atomic E-state index is 13.4. The van der Waals surface area contributed by atoms with Crippen LogP contribution in [0.5, 0.6) is 0 Å². The Morgan fingerprint density at radius 3 is 2.13 bits per heavy atom. The van der Waals surface area contributed by atoms with Crippen molar-refractivity contribution < 1.29 is 18.4 Å². The van der Waals surface area contributed by atoms with Crippen molar-refractivity contribution in [2.45, 2.75) is 0 Å². The first-order valence-electron chi connectivity index (χ1n) is 6.75. The van der Waals surface area contributed by atoms with E-state index in [1.165, 1.54) is 0 Å². The van der Waals surface area contributed by atoms with Crippen molar-refractivity contribution >= 4 is 27.7 Å². The summed E-state index contributed by atoms with van der Waals surface area (Å²) in [4.78, 5) is 23.7. The van der Waals surface area contributed by atoms with Crippen LogP contribution in [0.25, 0.3) is 0 Å². The lowest BCUT2D eigenvalue weighted by atomic mass is 10.2. The van der Waals surface area contributed by atoms with Crippen LogP contribution in [-0.4, -0.2) is 24.9 Å². The fraction of sp³-hybridized carbons (Fsp3) is 0.125. The standard InChI is InChI=1S/C16H13BrF2N2O2/c17-13-4-2-1-3-11(13)15(22)20-7-8-21-16(23)12-6-5-10(18)9-14(12)19/h1-6,9H,7-8H2,(H,20,22)(H,21,23). The summed E-state index contributed by atoms with van der Waals surface area (Å²) < 4.78 is 26.9. The summed E-state index contributed by atoms with van der Waals surface area (Å²) in [6, 6.07) is 9.65. The molecule has 0 spiro atoms. The summed E-state index contributed by atoms with van der Waals surface area (Å²) in [5.41, 5.74) is 0.229. The van der Waals surface area contributed by atoms with Gasteiger partial charge in [-0.25, -0.2) is 8.78 Å². The summed E-state index contributed by atoms with van der Waals surface area (Å²) >= 11 is 3.27. The van der Waals surface area contributed by atoms with Crippen molar-refractivity contribution in [3.63, 3.8) is 0 Å². The van der Waals surface area contributed by atoms with Gasteiger partial charge in [0.15, 0.2) is 0 Å². The van der Waals surface area contributed by atoms with Gasteiger partial charge < -0.3 is 10.6 Å². The zero-order valence-corrected chi connectivity index (χ0v) is 13.5. The van der Waals surface area contributed by atoms with E-state index in [4.69, 9.17) is 0 Å². The van der Waals surface area contributed by atoms with Crippen LogP contribution in [0.15, 0.2) is 46.9 Å². The summed E-state index contributed by atoms with van der Waals surface area (Å²) in [5.74, 6) is -2.64. The lowest BCUT2D eigenvalue weighted by molar-refractivity contribution is 0.0925. The van der Waals surface area contributed by atoms with Crippen LogP contribution in [0.3, 0.4) is 0 Å². The molecule has 23 heavy (non-hydrogen) atoms. The number of rotatable bonds is 5. The maximum atomic E-state index is 13.4. The number of hydrogen-bond acceptors (Lipinski definition) is 2. The molecule has 0 aliphatic heterocycles. The highest BCUT2D eigenvalue weighted by atomic mass is 79.9. The van der Waals surface area contributed by atoms with E-state index >= 15 is 0 Å². The van der Waals surface area contributed by atoms with Crippen LogP contribution in [0, 0.1) is 11.6 Å². The van der Waals surface area contributed by atoms with Crippen molar-refractivity contribution in [1.29, 1.82) is 0 Å². The molecule has 0 aliphatic carbocycles. The van der Waals surface area contributed by atoms with Gasteiger partial charge >= 0.3 is 0 Å². The fourth-order valence-electron chi connectivity index (χ4n) is 1.86. The first-order valence-corrected chi connectivity index (χ1v) is 7.54. The smallest absolute Gasteiger partial charge is 0.254 e.